The molecule has 0 aromatic carbocycles. The van der Waals surface area contributed by atoms with Gasteiger partial charge >= 0.3 is 0 Å². The number of hydrogen-bond acceptors (Lipinski definition) is 2. The minimum absolute atomic E-state index is 0.915. The number of thioether (sulfide) groups is 1. The van der Waals surface area contributed by atoms with Crippen LogP contribution in [-0.2, 0) is 0 Å². The van der Waals surface area contributed by atoms with Crippen molar-refractivity contribution in [2.24, 2.45) is 5.92 Å². The lowest BCUT2D eigenvalue weighted by atomic mass is 10.1. The quantitative estimate of drug-likeness (QED) is 0.612. The Kier molecular flexibility index (Phi) is 2.43. The molecule has 1 fully saturated rings. The Bertz CT molecular complexity index is 78.6. The third kappa shape index (κ3) is 1.53. The van der Waals surface area contributed by atoms with Crippen LogP contribution in [0.25, 0.3) is 0 Å². The second-order valence-corrected chi connectivity index (χ2v) is 3.02. The lowest BCUT2D eigenvalue weighted by Crippen LogP contribution is -2.43. The summed E-state index contributed by atoms with van der Waals surface area (Å²) in [7, 11) is 0. The summed E-state index contributed by atoms with van der Waals surface area (Å²) < 4.78 is 0. The van der Waals surface area contributed by atoms with E-state index in [1.807, 2.05) is 17.2 Å². The molecule has 1 nitrogen and oxygen atoms in total. The summed E-state index contributed by atoms with van der Waals surface area (Å²) in [5, 5.41) is 5.14. The SMILES string of the molecule is C=CSCC1CNC1. The van der Waals surface area contributed by atoms with Crippen molar-refractivity contribution in [3.05, 3.63) is 12.0 Å². The molecular weight excluding hydrogens is 118 g/mol. The smallest absolute Gasteiger partial charge is 0.00265 e. The average Bonchev–Trinajstić information content (AvgIpc) is 1.63. The van der Waals surface area contributed by atoms with Crippen molar-refractivity contribution in [3.63, 3.8) is 0 Å². The van der Waals surface area contributed by atoms with Crippen molar-refractivity contribution in [2.45, 2.75) is 0 Å². The molecule has 1 N–H and O–H groups in total. The Hall–Kier alpha value is 0.0500. The normalized spacial score (nSPS) is 20.0. The van der Waals surface area contributed by atoms with E-state index in [1.54, 1.807) is 0 Å². The predicted molar refractivity (Wildman–Crippen MR) is 39.0 cm³/mol. The zero-order chi connectivity index (χ0) is 5.82. The van der Waals surface area contributed by atoms with E-state index in [4.69, 9.17) is 0 Å². The highest BCUT2D eigenvalue weighted by molar-refractivity contribution is 8.02. The molecule has 0 saturated carbocycles. The molecule has 0 spiro atoms. The minimum Gasteiger partial charge on any atom is -0.316 e. The highest BCUT2D eigenvalue weighted by Crippen LogP contribution is 2.11. The van der Waals surface area contributed by atoms with Crippen LogP contribution in [0.15, 0.2) is 12.0 Å². The van der Waals surface area contributed by atoms with Crippen molar-refractivity contribution in [1.29, 1.82) is 0 Å². The van der Waals surface area contributed by atoms with Gasteiger partial charge in [0, 0.05) is 5.75 Å². The van der Waals surface area contributed by atoms with Crippen molar-refractivity contribution >= 4 is 11.8 Å². The van der Waals surface area contributed by atoms with Crippen molar-refractivity contribution < 1.29 is 0 Å². The van der Waals surface area contributed by atoms with Crippen LogP contribution in [0.1, 0.15) is 0 Å². The van der Waals surface area contributed by atoms with E-state index in [1.165, 1.54) is 18.8 Å². The van der Waals surface area contributed by atoms with E-state index in [0.29, 0.717) is 0 Å². The molecule has 0 amide bonds. The maximum Gasteiger partial charge on any atom is 0.00265 e. The second kappa shape index (κ2) is 3.15. The van der Waals surface area contributed by atoms with E-state index >= 15 is 0 Å². The van der Waals surface area contributed by atoms with Crippen molar-refractivity contribution in [1.82, 2.24) is 5.32 Å². The molecule has 1 aliphatic rings. The molecule has 0 aromatic heterocycles. The lowest BCUT2D eigenvalue weighted by Gasteiger charge is -2.25. The summed E-state index contributed by atoms with van der Waals surface area (Å²) in [5.74, 6) is 2.16. The van der Waals surface area contributed by atoms with Gasteiger partial charge in [0.1, 0.15) is 0 Å². The molecule has 0 unspecified atom stereocenters. The fraction of sp³-hybridized carbons (Fsp3) is 0.667. The predicted octanol–water partition coefficient (Wildman–Crippen LogP) is 1.08. The van der Waals surface area contributed by atoms with Crippen LogP contribution >= 0.6 is 11.8 Å². The largest absolute Gasteiger partial charge is 0.316 e. The fourth-order valence-corrected chi connectivity index (χ4v) is 1.31. The van der Waals surface area contributed by atoms with Gasteiger partial charge in [-0.15, -0.1) is 11.8 Å². The highest BCUT2D eigenvalue weighted by Gasteiger charge is 2.14. The summed E-state index contributed by atoms with van der Waals surface area (Å²) in [6.07, 6.45) is 0. The molecule has 1 rings (SSSR count). The van der Waals surface area contributed by atoms with Gasteiger partial charge < -0.3 is 5.32 Å². The summed E-state index contributed by atoms with van der Waals surface area (Å²) in [4.78, 5) is 0. The molecule has 1 heterocycles. The molecule has 0 aliphatic carbocycles. The van der Waals surface area contributed by atoms with E-state index < -0.39 is 0 Å². The molecule has 2 heteroatoms. The summed E-state index contributed by atoms with van der Waals surface area (Å²) in [6.45, 7) is 6.05. The Morgan fingerprint density at radius 3 is 2.88 bits per heavy atom. The van der Waals surface area contributed by atoms with Crippen LogP contribution in [-0.4, -0.2) is 18.8 Å². The summed E-state index contributed by atoms with van der Waals surface area (Å²) >= 11 is 1.82. The standard InChI is InChI=1S/C6H11NS/c1-2-8-5-6-3-7-4-6/h2,6-7H,1,3-5H2. The average molecular weight is 129 g/mol. The highest BCUT2D eigenvalue weighted by atomic mass is 32.2. The number of hydrogen-bond donors (Lipinski definition) is 1. The van der Waals surface area contributed by atoms with Crippen LogP contribution in [0.4, 0.5) is 0 Å². The first kappa shape index (κ1) is 6.17. The zero-order valence-electron chi connectivity index (χ0n) is 4.89. The zero-order valence-corrected chi connectivity index (χ0v) is 5.71. The summed E-state index contributed by atoms with van der Waals surface area (Å²) in [5.41, 5.74) is 0. The molecule has 1 aliphatic heterocycles. The van der Waals surface area contributed by atoms with Crippen molar-refractivity contribution in [3.8, 4) is 0 Å². The summed E-state index contributed by atoms with van der Waals surface area (Å²) in [6, 6.07) is 0. The molecule has 0 atom stereocenters. The third-order valence-electron chi connectivity index (χ3n) is 1.32. The van der Waals surface area contributed by atoms with Gasteiger partial charge in [0.2, 0.25) is 0 Å². The van der Waals surface area contributed by atoms with E-state index in [9.17, 15) is 0 Å². The molecule has 8 heavy (non-hydrogen) atoms. The topological polar surface area (TPSA) is 12.0 Å². The maximum absolute atomic E-state index is 3.63. The van der Waals surface area contributed by atoms with Crippen LogP contribution in [0.3, 0.4) is 0 Å². The molecule has 0 bridgehead atoms. The van der Waals surface area contributed by atoms with Crippen LogP contribution in [0, 0.1) is 5.92 Å². The van der Waals surface area contributed by atoms with Gasteiger partial charge in [-0.2, -0.15) is 0 Å². The molecule has 46 valence electrons. The fourth-order valence-electron chi connectivity index (χ4n) is 0.670. The van der Waals surface area contributed by atoms with Gasteiger partial charge in [-0.3, -0.25) is 0 Å². The monoisotopic (exact) mass is 129 g/mol. The Balaban J connectivity index is 1.93. The molecule has 0 aromatic rings. The molecule has 0 radical (unpaired) electrons. The molecule has 1 saturated heterocycles. The minimum atomic E-state index is 0.915. The maximum atomic E-state index is 3.63. The lowest BCUT2D eigenvalue weighted by molar-refractivity contribution is 0.385. The van der Waals surface area contributed by atoms with Gasteiger partial charge in [-0.05, 0) is 24.4 Å². The van der Waals surface area contributed by atoms with E-state index in [0.717, 1.165) is 5.92 Å². The van der Waals surface area contributed by atoms with Gasteiger partial charge in [-0.1, -0.05) is 6.58 Å². The Morgan fingerprint density at radius 1 is 1.75 bits per heavy atom. The van der Waals surface area contributed by atoms with Crippen LogP contribution < -0.4 is 5.32 Å². The van der Waals surface area contributed by atoms with Gasteiger partial charge in [0.25, 0.3) is 0 Å². The van der Waals surface area contributed by atoms with Gasteiger partial charge in [0.15, 0.2) is 0 Å². The van der Waals surface area contributed by atoms with Crippen LogP contribution in [0.2, 0.25) is 0 Å². The second-order valence-electron chi connectivity index (χ2n) is 2.02. The van der Waals surface area contributed by atoms with Crippen LogP contribution in [0.5, 0.6) is 0 Å². The Labute approximate surface area is 54.5 Å². The first-order valence-electron chi connectivity index (χ1n) is 2.86. The first-order valence-corrected chi connectivity index (χ1v) is 3.91. The van der Waals surface area contributed by atoms with Gasteiger partial charge in [-0.25, -0.2) is 0 Å². The third-order valence-corrected chi connectivity index (χ3v) is 2.22. The molecular formula is C6H11NS. The van der Waals surface area contributed by atoms with E-state index in [2.05, 4.69) is 11.9 Å². The van der Waals surface area contributed by atoms with Gasteiger partial charge in [0.05, 0.1) is 0 Å². The Morgan fingerprint density at radius 2 is 2.50 bits per heavy atom. The first-order chi connectivity index (χ1) is 3.93. The van der Waals surface area contributed by atoms with E-state index in [-0.39, 0.29) is 0 Å². The van der Waals surface area contributed by atoms with Crippen molar-refractivity contribution in [2.75, 3.05) is 18.8 Å². The number of rotatable bonds is 3. The number of nitrogens with one attached hydrogen (secondary N) is 1.